The number of nitrogens with zero attached hydrogens (tertiary/aromatic N) is 2. The van der Waals surface area contributed by atoms with Crippen LogP contribution in [0.1, 0.15) is 11.1 Å². The largest absolute Gasteiger partial charge is 0.423 e. The van der Waals surface area contributed by atoms with E-state index in [1.165, 1.54) is 17.5 Å². The molecule has 0 spiro atoms. The lowest BCUT2D eigenvalue weighted by atomic mass is 10.1. The summed E-state index contributed by atoms with van der Waals surface area (Å²) in [6.07, 6.45) is 2.34. The Morgan fingerprint density at radius 2 is 1.95 bits per heavy atom. The maximum atomic E-state index is 5.24. The molecule has 2 aromatic carbocycles. The summed E-state index contributed by atoms with van der Waals surface area (Å²) in [6.45, 7) is 2.97. The second kappa shape index (κ2) is 6.22. The third-order valence-corrected chi connectivity index (χ3v) is 3.42. The second-order valence-electron chi connectivity index (χ2n) is 4.94. The topological polar surface area (TPSA) is 51.0 Å². The maximum absolute atomic E-state index is 5.24. The number of anilines is 1. The number of aromatic nitrogens is 2. The minimum absolute atomic E-state index is 0.543. The van der Waals surface area contributed by atoms with Gasteiger partial charge >= 0.3 is 0 Å². The summed E-state index contributed by atoms with van der Waals surface area (Å²) >= 11 is 0. The third-order valence-electron chi connectivity index (χ3n) is 3.42. The molecule has 0 bridgehead atoms. The minimum atomic E-state index is 0.543. The molecule has 4 nitrogen and oxygen atoms in total. The number of benzene rings is 2. The highest BCUT2D eigenvalue weighted by molar-refractivity contribution is 5.64. The van der Waals surface area contributed by atoms with Gasteiger partial charge in [0.25, 0.3) is 0 Å². The Morgan fingerprint density at radius 1 is 1.10 bits per heavy atom. The first kappa shape index (κ1) is 13.4. The Bertz CT molecular complexity index is 693. The van der Waals surface area contributed by atoms with Gasteiger partial charge in [-0.05, 0) is 36.6 Å². The van der Waals surface area contributed by atoms with Gasteiger partial charge in [-0.15, -0.1) is 10.2 Å². The van der Waals surface area contributed by atoms with E-state index in [2.05, 4.69) is 52.8 Å². The fourth-order valence-corrected chi connectivity index (χ4v) is 2.23. The van der Waals surface area contributed by atoms with Gasteiger partial charge in [-0.25, -0.2) is 0 Å². The molecule has 1 N–H and O–H groups in total. The molecule has 0 atom stereocenters. The Kier molecular flexibility index (Phi) is 3.96. The van der Waals surface area contributed by atoms with Crippen molar-refractivity contribution in [2.45, 2.75) is 13.3 Å². The fraction of sp³-hybridized carbons (Fsp3) is 0.176. The van der Waals surface area contributed by atoms with Crippen molar-refractivity contribution in [3.63, 3.8) is 0 Å². The molecule has 4 heteroatoms. The van der Waals surface area contributed by atoms with E-state index in [-0.39, 0.29) is 0 Å². The van der Waals surface area contributed by atoms with E-state index in [9.17, 15) is 0 Å². The molecule has 0 aliphatic rings. The predicted molar refractivity (Wildman–Crippen MR) is 83.1 cm³/mol. The van der Waals surface area contributed by atoms with Gasteiger partial charge in [-0.2, -0.15) is 0 Å². The van der Waals surface area contributed by atoms with E-state index in [0.717, 1.165) is 24.2 Å². The summed E-state index contributed by atoms with van der Waals surface area (Å²) in [4.78, 5) is 0. The first-order valence-corrected chi connectivity index (χ1v) is 6.98. The van der Waals surface area contributed by atoms with Crippen molar-refractivity contribution in [2.24, 2.45) is 0 Å². The van der Waals surface area contributed by atoms with Crippen molar-refractivity contribution >= 4 is 5.69 Å². The van der Waals surface area contributed by atoms with Gasteiger partial charge in [0.1, 0.15) is 0 Å². The Morgan fingerprint density at radius 3 is 2.71 bits per heavy atom. The molecule has 0 saturated heterocycles. The quantitative estimate of drug-likeness (QED) is 0.773. The molecule has 1 heterocycles. The Balaban J connectivity index is 1.69. The van der Waals surface area contributed by atoms with E-state index in [4.69, 9.17) is 4.42 Å². The first-order chi connectivity index (χ1) is 10.3. The zero-order chi connectivity index (χ0) is 14.5. The van der Waals surface area contributed by atoms with Crippen LogP contribution in [0.25, 0.3) is 11.5 Å². The van der Waals surface area contributed by atoms with Crippen LogP contribution in [-0.2, 0) is 6.42 Å². The molecular formula is C17H17N3O. The molecule has 0 fully saturated rings. The van der Waals surface area contributed by atoms with Crippen molar-refractivity contribution in [2.75, 3.05) is 11.9 Å². The van der Waals surface area contributed by atoms with Crippen LogP contribution in [0.2, 0.25) is 0 Å². The molecule has 3 rings (SSSR count). The van der Waals surface area contributed by atoms with Crippen molar-refractivity contribution in [1.82, 2.24) is 10.2 Å². The fourth-order valence-electron chi connectivity index (χ4n) is 2.23. The summed E-state index contributed by atoms with van der Waals surface area (Å²) in [7, 11) is 0. The Labute approximate surface area is 123 Å². The summed E-state index contributed by atoms with van der Waals surface area (Å²) in [5, 5.41) is 11.1. The highest BCUT2D eigenvalue weighted by Gasteiger charge is 2.06. The second-order valence-corrected chi connectivity index (χ2v) is 4.94. The van der Waals surface area contributed by atoms with E-state index in [0.29, 0.717) is 5.89 Å². The highest BCUT2D eigenvalue weighted by Crippen LogP contribution is 2.23. The zero-order valence-electron chi connectivity index (χ0n) is 11.9. The predicted octanol–water partition coefficient (Wildman–Crippen LogP) is 3.70. The molecule has 0 radical (unpaired) electrons. The van der Waals surface area contributed by atoms with Crippen LogP contribution in [0, 0.1) is 6.92 Å². The average molecular weight is 279 g/mol. The lowest BCUT2D eigenvalue weighted by molar-refractivity contribution is 0.568. The standard InChI is InChI=1S/C17H17N3O/c1-13-7-8-15(17-20-19-12-21-17)11-16(13)18-10-9-14-5-3-2-4-6-14/h2-8,11-12,18H,9-10H2,1H3. The lowest BCUT2D eigenvalue weighted by Crippen LogP contribution is -2.06. The van der Waals surface area contributed by atoms with Crippen molar-refractivity contribution in [3.05, 3.63) is 66.1 Å². The van der Waals surface area contributed by atoms with Crippen molar-refractivity contribution in [1.29, 1.82) is 0 Å². The molecule has 0 aliphatic carbocycles. The monoisotopic (exact) mass is 279 g/mol. The van der Waals surface area contributed by atoms with Crippen LogP contribution < -0.4 is 5.32 Å². The molecule has 1 aromatic heterocycles. The molecule has 0 unspecified atom stereocenters. The third kappa shape index (κ3) is 3.28. The highest BCUT2D eigenvalue weighted by atomic mass is 16.4. The maximum Gasteiger partial charge on any atom is 0.247 e. The van der Waals surface area contributed by atoms with E-state index >= 15 is 0 Å². The van der Waals surface area contributed by atoms with Gasteiger partial charge in [-0.3, -0.25) is 0 Å². The molecule has 3 aromatic rings. The molecule has 0 aliphatic heterocycles. The van der Waals surface area contributed by atoms with Crippen molar-refractivity contribution < 1.29 is 4.42 Å². The smallest absolute Gasteiger partial charge is 0.247 e. The van der Waals surface area contributed by atoms with E-state index < -0.39 is 0 Å². The van der Waals surface area contributed by atoms with Crippen LogP contribution >= 0.6 is 0 Å². The SMILES string of the molecule is Cc1ccc(-c2nnco2)cc1NCCc1ccccc1. The van der Waals surface area contributed by atoms with Gasteiger partial charge in [0.2, 0.25) is 12.3 Å². The van der Waals surface area contributed by atoms with Gasteiger partial charge in [-0.1, -0.05) is 36.4 Å². The number of hydrogen-bond acceptors (Lipinski definition) is 4. The van der Waals surface area contributed by atoms with E-state index in [1.54, 1.807) is 0 Å². The first-order valence-electron chi connectivity index (χ1n) is 6.98. The van der Waals surface area contributed by atoms with Crippen LogP contribution in [-0.4, -0.2) is 16.7 Å². The van der Waals surface area contributed by atoms with E-state index in [1.807, 2.05) is 18.2 Å². The van der Waals surface area contributed by atoms with Crippen LogP contribution in [0.4, 0.5) is 5.69 Å². The minimum Gasteiger partial charge on any atom is -0.423 e. The zero-order valence-corrected chi connectivity index (χ0v) is 11.9. The van der Waals surface area contributed by atoms with Crippen molar-refractivity contribution in [3.8, 4) is 11.5 Å². The van der Waals surface area contributed by atoms with Gasteiger partial charge in [0.05, 0.1) is 0 Å². The van der Waals surface area contributed by atoms with Crippen LogP contribution in [0.5, 0.6) is 0 Å². The van der Waals surface area contributed by atoms with Gasteiger partial charge in [0, 0.05) is 17.8 Å². The Hall–Kier alpha value is -2.62. The van der Waals surface area contributed by atoms with Gasteiger partial charge in [0.15, 0.2) is 0 Å². The normalized spacial score (nSPS) is 10.5. The summed E-state index contributed by atoms with van der Waals surface area (Å²) in [6, 6.07) is 16.6. The van der Waals surface area contributed by atoms with Crippen LogP contribution in [0.3, 0.4) is 0 Å². The summed E-state index contributed by atoms with van der Waals surface area (Å²) < 4.78 is 5.24. The number of nitrogens with one attached hydrogen (secondary N) is 1. The number of rotatable bonds is 5. The average Bonchev–Trinajstić information content (AvgIpc) is 3.04. The summed E-state index contributed by atoms with van der Waals surface area (Å²) in [5.41, 5.74) is 4.56. The number of hydrogen-bond donors (Lipinski definition) is 1. The van der Waals surface area contributed by atoms with Crippen LogP contribution in [0.15, 0.2) is 59.3 Å². The molecule has 21 heavy (non-hydrogen) atoms. The molecule has 0 amide bonds. The lowest BCUT2D eigenvalue weighted by Gasteiger charge is -2.10. The summed E-state index contributed by atoms with van der Waals surface area (Å²) in [5.74, 6) is 0.543. The molecule has 106 valence electrons. The van der Waals surface area contributed by atoms with Gasteiger partial charge < -0.3 is 9.73 Å². The molecular weight excluding hydrogens is 262 g/mol. The molecule has 0 saturated carbocycles. The number of aryl methyl sites for hydroxylation is 1.